The molecule has 0 aliphatic carbocycles. The van der Waals surface area contributed by atoms with Crippen molar-refractivity contribution in [2.45, 2.75) is 6.92 Å². The van der Waals surface area contributed by atoms with Crippen LogP contribution >= 0.6 is 22.6 Å². The molecule has 0 spiro atoms. The van der Waals surface area contributed by atoms with Gasteiger partial charge in [0.2, 0.25) is 0 Å². The van der Waals surface area contributed by atoms with Gasteiger partial charge in [-0.15, -0.1) is 0 Å². The van der Waals surface area contributed by atoms with Crippen molar-refractivity contribution in [3.05, 3.63) is 32.9 Å². The Morgan fingerprint density at radius 1 is 1.53 bits per heavy atom. The van der Waals surface area contributed by atoms with Crippen LogP contribution in [0.3, 0.4) is 0 Å². The number of benzene rings is 1. The summed E-state index contributed by atoms with van der Waals surface area (Å²) >= 11 is 2.19. The van der Waals surface area contributed by atoms with Crippen LogP contribution in [-0.2, 0) is 4.74 Å². The molecular weight excluding hydrogens is 305 g/mol. The topological polar surface area (TPSA) is 38.3 Å². The van der Waals surface area contributed by atoms with E-state index in [1.54, 1.807) is 7.11 Å². The predicted octanol–water partition coefficient (Wildman–Crippen LogP) is 1.98. The zero-order valence-electron chi connectivity index (χ0n) is 8.84. The SMILES string of the molecule is COCCNC(=O)c1cccc(C)c1I. The molecule has 1 N–H and O–H groups in total. The van der Waals surface area contributed by atoms with Crippen LogP contribution < -0.4 is 5.32 Å². The fourth-order valence-electron chi connectivity index (χ4n) is 1.18. The molecule has 0 atom stereocenters. The first-order valence-corrected chi connectivity index (χ1v) is 5.77. The average Bonchev–Trinajstić information content (AvgIpc) is 2.22. The minimum atomic E-state index is -0.0415. The van der Waals surface area contributed by atoms with Crippen LogP contribution in [0.1, 0.15) is 15.9 Å². The quantitative estimate of drug-likeness (QED) is 0.681. The normalized spacial score (nSPS) is 10.1. The van der Waals surface area contributed by atoms with Gasteiger partial charge in [-0.3, -0.25) is 4.79 Å². The van der Waals surface area contributed by atoms with Crippen LogP contribution in [0.2, 0.25) is 0 Å². The molecule has 1 amide bonds. The Kier molecular flexibility index (Phi) is 5.04. The summed E-state index contributed by atoms with van der Waals surface area (Å²) in [5.74, 6) is -0.0415. The lowest BCUT2D eigenvalue weighted by atomic mass is 10.1. The minimum Gasteiger partial charge on any atom is -0.383 e. The number of amides is 1. The molecule has 1 aromatic rings. The number of aryl methyl sites for hydroxylation is 1. The standard InChI is InChI=1S/C11H14INO2/c1-8-4-3-5-9(10(8)12)11(14)13-6-7-15-2/h3-5H,6-7H2,1-2H3,(H,13,14). The van der Waals surface area contributed by atoms with Gasteiger partial charge in [0.1, 0.15) is 0 Å². The molecule has 0 aliphatic rings. The molecule has 0 saturated heterocycles. The Bertz CT molecular complexity index is 352. The molecule has 4 heteroatoms. The van der Waals surface area contributed by atoms with Gasteiger partial charge in [-0.1, -0.05) is 12.1 Å². The number of halogens is 1. The first-order valence-electron chi connectivity index (χ1n) is 4.69. The van der Waals surface area contributed by atoms with Crippen LogP contribution in [0, 0.1) is 10.5 Å². The number of methoxy groups -OCH3 is 1. The Morgan fingerprint density at radius 2 is 2.27 bits per heavy atom. The van der Waals surface area contributed by atoms with E-state index in [-0.39, 0.29) is 5.91 Å². The summed E-state index contributed by atoms with van der Waals surface area (Å²) in [6.45, 7) is 3.07. The van der Waals surface area contributed by atoms with Crippen molar-refractivity contribution in [3.8, 4) is 0 Å². The van der Waals surface area contributed by atoms with Gasteiger partial charge in [0.05, 0.1) is 12.2 Å². The van der Waals surface area contributed by atoms with Crippen LogP contribution in [0.15, 0.2) is 18.2 Å². The van der Waals surface area contributed by atoms with E-state index in [0.29, 0.717) is 13.2 Å². The van der Waals surface area contributed by atoms with Gasteiger partial charge in [-0.25, -0.2) is 0 Å². The first-order chi connectivity index (χ1) is 7.16. The number of ether oxygens (including phenoxy) is 1. The van der Waals surface area contributed by atoms with Crippen molar-refractivity contribution in [3.63, 3.8) is 0 Å². The molecule has 3 nitrogen and oxygen atoms in total. The number of carbonyl (C=O) groups is 1. The molecule has 0 radical (unpaired) electrons. The fraction of sp³-hybridized carbons (Fsp3) is 0.364. The van der Waals surface area contributed by atoms with Crippen LogP contribution in [-0.4, -0.2) is 26.2 Å². The highest BCUT2D eigenvalue weighted by atomic mass is 127. The predicted molar refractivity (Wildman–Crippen MR) is 68.1 cm³/mol. The summed E-state index contributed by atoms with van der Waals surface area (Å²) in [6.07, 6.45) is 0. The van der Waals surface area contributed by atoms with Gasteiger partial charge in [0.25, 0.3) is 5.91 Å². The lowest BCUT2D eigenvalue weighted by molar-refractivity contribution is 0.0936. The third-order valence-electron chi connectivity index (χ3n) is 2.03. The van der Waals surface area contributed by atoms with Gasteiger partial charge in [0, 0.05) is 17.2 Å². The molecule has 0 saturated carbocycles. The second-order valence-corrected chi connectivity index (χ2v) is 4.26. The number of hydrogen-bond acceptors (Lipinski definition) is 2. The molecule has 0 fully saturated rings. The highest BCUT2D eigenvalue weighted by Crippen LogP contribution is 2.16. The molecule has 0 heterocycles. The minimum absolute atomic E-state index is 0.0415. The molecular formula is C11H14INO2. The van der Waals surface area contributed by atoms with Gasteiger partial charge in [0.15, 0.2) is 0 Å². The Labute approximate surface area is 103 Å². The van der Waals surface area contributed by atoms with Crippen LogP contribution in [0.5, 0.6) is 0 Å². The highest BCUT2D eigenvalue weighted by Gasteiger charge is 2.09. The van der Waals surface area contributed by atoms with Crippen molar-refractivity contribution in [1.29, 1.82) is 0 Å². The van der Waals surface area contributed by atoms with Crippen LogP contribution in [0.25, 0.3) is 0 Å². The Balaban J connectivity index is 2.69. The van der Waals surface area contributed by atoms with E-state index < -0.39 is 0 Å². The van der Waals surface area contributed by atoms with Gasteiger partial charge in [-0.2, -0.15) is 0 Å². The molecule has 15 heavy (non-hydrogen) atoms. The summed E-state index contributed by atoms with van der Waals surface area (Å²) in [4.78, 5) is 11.7. The summed E-state index contributed by atoms with van der Waals surface area (Å²) in [6, 6.07) is 5.72. The third-order valence-corrected chi connectivity index (χ3v) is 3.46. The molecule has 0 unspecified atom stereocenters. The molecule has 82 valence electrons. The van der Waals surface area contributed by atoms with Crippen molar-refractivity contribution in [2.75, 3.05) is 20.3 Å². The molecule has 1 aromatic carbocycles. The van der Waals surface area contributed by atoms with Crippen molar-refractivity contribution in [2.24, 2.45) is 0 Å². The third kappa shape index (κ3) is 3.46. The van der Waals surface area contributed by atoms with E-state index in [1.165, 1.54) is 0 Å². The van der Waals surface area contributed by atoms with Crippen molar-refractivity contribution in [1.82, 2.24) is 5.32 Å². The summed E-state index contributed by atoms with van der Waals surface area (Å²) in [5, 5.41) is 2.80. The van der Waals surface area contributed by atoms with E-state index in [4.69, 9.17) is 4.74 Å². The summed E-state index contributed by atoms with van der Waals surface area (Å²) in [5.41, 5.74) is 1.85. The van der Waals surface area contributed by atoms with Crippen molar-refractivity contribution < 1.29 is 9.53 Å². The number of carbonyl (C=O) groups excluding carboxylic acids is 1. The largest absolute Gasteiger partial charge is 0.383 e. The van der Waals surface area contributed by atoms with E-state index in [0.717, 1.165) is 14.7 Å². The maximum atomic E-state index is 11.7. The summed E-state index contributed by atoms with van der Waals surface area (Å²) in [7, 11) is 1.61. The van der Waals surface area contributed by atoms with E-state index in [1.807, 2.05) is 25.1 Å². The second-order valence-electron chi connectivity index (χ2n) is 3.19. The molecule has 1 rings (SSSR count). The maximum absolute atomic E-state index is 11.7. The lowest BCUT2D eigenvalue weighted by Gasteiger charge is -2.07. The number of rotatable bonds is 4. The van der Waals surface area contributed by atoms with Gasteiger partial charge in [-0.05, 0) is 41.1 Å². The van der Waals surface area contributed by atoms with E-state index >= 15 is 0 Å². The zero-order chi connectivity index (χ0) is 11.3. The molecule has 0 bridgehead atoms. The second kappa shape index (κ2) is 6.07. The fourth-order valence-corrected chi connectivity index (χ4v) is 1.79. The van der Waals surface area contributed by atoms with Gasteiger partial charge >= 0.3 is 0 Å². The molecule has 0 aromatic heterocycles. The Hall–Kier alpha value is -0.620. The van der Waals surface area contributed by atoms with Gasteiger partial charge < -0.3 is 10.1 Å². The monoisotopic (exact) mass is 319 g/mol. The first kappa shape index (κ1) is 12.4. The maximum Gasteiger partial charge on any atom is 0.252 e. The number of hydrogen-bond donors (Lipinski definition) is 1. The van der Waals surface area contributed by atoms with E-state index in [2.05, 4.69) is 27.9 Å². The zero-order valence-corrected chi connectivity index (χ0v) is 11.0. The molecule has 0 aliphatic heterocycles. The number of nitrogens with one attached hydrogen (secondary N) is 1. The van der Waals surface area contributed by atoms with Crippen LogP contribution in [0.4, 0.5) is 0 Å². The smallest absolute Gasteiger partial charge is 0.252 e. The van der Waals surface area contributed by atoms with E-state index in [9.17, 15) is 4.79 Å². The van der Waals surface area contributed by atoms with Crippen molar-refractivity contribution >= 4 is 28.5 Å². The summed E-state index contributed by atoms with van der Waals surface area (Å²) < 4.78 is 5.87. The average molecular weight is 319 g/mol. The highest BCUT2D eigenvalue weighted by molar-refractivity contribution is 14.1. The Morgan fingerprint density at radius 3 is 2.93 bits per heavy atom. The lowest BCUT2D eigenvalue weighted by Crippen LogP contribution is -2.27.